The monoisotopic (exact) mass is 1850 g/mol. The summed E-state index contributed by atoms with van der Waals surface area (Å²) in [5.41, 5.74) is 19.6. The van der Waals surface area contributed by atoms with Crippen LogP contribution >= 0.6 is 0 Å². The van der Waals surface area contributed by atoms with Gasteiger partial charge in [-0.1, -0.05) is 139 Å². The molecule has 10 saturated heterocycles. The van der Waals surface area contributed by atoms with Gasteiger partial charge in [0.1, 0.15) is 61.0 Å². The molecule has 742 valence electrons. The lowest BCUT2D eigenvalue weighted by atomic mass is 9.93. The van der Waals surface area contributed by atoms with Gasteiger partial charge in [-0.2, -0.15) is 0 Å². The lowest BCUT2D eigenvalue weighted by Gasteiger charge is -2.28. The first kappa shape index (κ1) is 109. The summed E-state index contributed by atoms with van der Waals surface area (Å²) in [4.78, 5) is 12.3. The molecule has 30 heteroatoms. The zero-order chi connectivity index (χ0) is 95.3. The van der Waals surface area contributed by atoms with Gasteiger partial charge in [0, 0.05) is 113 Å². The van der Waals surface area contributed by atoms with E-state index in [-0.39, 0.29) is 123 Å². The minimum atomic E-state index is -0.630. The largest absolute Gasteiger partial charge is 0.396 e. The molecular formula is C102H162N8O22. The van der Waals surface area contributed by atoms with Crippen LogP contribution in [0.4, 0.5) is 0 Å². The Kier molecular flexibility index (Phi) is 43.2. The molecule has 14 rings (SSSR count). The van der Waals surface area contributed by atoms with Gasteiger partial charge in [-0.05, 0) is 245 Å². The molecule has 25 atom stereocenters. The lowest BCUT2D eigenvalue weighted by Crippen LogP contribution is -2.34. The molecule has 4 aromatic carbocycles. The maximum atomic E-state index is 9.38. The third-order valence-corrected chi connectivity index (χ3v) is 25.8. The average molecular weight is 1850 g/mol. The van der Waals surface area contributed by atoms with Gasteiger partial charge in [0.2, 0.25) is 0 Å². The number of fused-ring (bicyclic) bond motifs is 5. The molecule has 30 nitrogen and oxygen atoms in total. The quantitative estimate of drug-likeness (QED) is 0.0122. The van der Waals surface area contributed by atoms with Gasteiger partial charge in [0.15, 0.2) is 60.4 Å². The van der Waals surface area contributed by atoms with E-state index in [0.29, 0.717) is 43.2 Å². The highest BCUT2D eigenvalue weighted by molar-refractivity contribution is 5.18. The van der Waals surface area contributed by atoms with E-state index >= 15 is 0 Å². The topological polar surface area (TPSA) is 313 Å². The molecule has 0 radical (unpaired) electrons. The SMILES string of the molecule is C=CC[C@@H](C[C@H]1O[C@@H](OC)[C@H]2OC(C)(C)OC12)CN(C)Cc1ccccc1.C=CC[C@H](CO)C[C@H]1O[C@@H](OC)[C@H]2OC(C)(C)OC12.CO[C@@H]1O[C@H](C[C@H](CCCN)CN(C)Cc2ccccc2)C2OC(C)(C)O[C@@H]21.CO[C@@H]1O[C@H](C[C@H](CCCN=[N+]=[N-])CN(C)Cc2ccccc2)C2OC(C)(C)O[C@@H]21.CO[C@@H]1O[C@H](C[C@H](CCCO)CN(C)Cc2ccccc2)C2OC(C)(C)O[C@@H]21. The molecule has 5 unspecified atom stereocenters. The number of hydrogen-bond acceptors (Lipinski definition) is 28. The summed E-state index contributed by atoms with van der Waals surface area (Å²) in [5.74, 6) is -1.22. The second kappa shape index (κ2) is 52.6. The molecule has 10 heterocycles. The minimum absolute atomic E-state index is 0.0235. The van der Waals surface area contributed by atoms with Crippen molar-refractivity contribution in [1.82, 2.24) is 19.6 Å². The predicted octanol–water partition coefficient (Wildman–Crippen LogP) is 14.7. The number of azide groups is 1. The summed E-state index contributed by atoms with van der Waals surface area (Å²) in [5, 5.41) is 22.4. The summed E-state index contributed by atoms with van der Waals surface area (Å²) in [6.45, 7) is 36.0. The molecule has 132 heavy (non-hydrogen) atoms. The maximum Gasteiger partial charge on any atom is 0.186 e. The Morgan fingerprint density at radius 1 is 0.371 bits per heavy atom. The Labute approximate surface area is 787 Å². The van der Waals surface area contributed by atoms with E-state index in [0.717, 1.165) is 129 Å². The number of aliphatic hydroxyl groups is 2. The van der Waals surface area contributed by atoms with E-state index < -0.39 is 47.8 Å². The van der Waals surface area contributed by atoms with Crippen molar-refractivity contribution >= 4 is 0 Å². The Bertz CT molecular complexity index is 3870. The molecule has 0 aliphatic carbocycles. The number of aliphatic hydroxyl groups excluding tert-OH is 2. The summed E-state index contributed by atoms with van der Waals surface area (Å²) in [6, 6.07) is 42.1. The van der Waals surface area contributed by atoms with Crippen molar-refractivity contribution in [2.24, 2.45) is 40.4 Å². The minimum Gasteiger partial charge on any atom is -0.396 e. The number of rotatable bonds is 46. The molecule has 0 spiro atoms. The summed E-state index contributed by atoms with van der Waals surface area (Å²) < 4.78 is 118. The molecule has 4 aromatic rings. The molecule has 0 saturated carbocycles. The van der Waals surface area contributed by atoms with Gasteiger partial charge in [-0.15, -0.1) is 13.2 Å². The van der Waals surface area contributed by atoms with Crippen molar-refractivity contribution < 1.29 is 105 Å². The number of ether oxygens (including phenoxy) is 20. The van der Waals surface area contributed by atoms with Crippen LogP contribution in [-0.4, -0.2) is 298 Å². The second-order valence-electron chi connectivity index (χ2n) is 39.6. The third-order valence-electron chi connectivity index (χ3n) is 25.8. The number of nitrogens with zero attached hydrogens (tertiary/aromatic N) is 7. The molecule has 0 amide bonds. The van der Waals surface area contributed by atoms with Crippen LogP contribution < -0.4 is 5.73 Å². The van der Waals surface area contributed by atoms with Crippen LogP contribution in [0.25, 0.3) is 10.4 Å². The molecular weight excluding hydrogens is 1690 g/mol. The van der Waals surface area contributed by atoms with Crippen LogP contribution in [0.2, 0.25) is 0 Å². The van der Waals surface area contributed by atoms with Crippen molar-refractivity contribution in [3.05, 3.63) is 179 Å². The summed E-state index contributed by atoms with van der Waals surface area (Å²) in [6.07, 6.45) is 11.6. The zero-order valence-corrected chi connectivity index (χ0v) is 82.5. The highest BCUT2D eigenvalue weighted by atomic mass is 16.8. The highest BCUT2D eigenvalue weighted by Crippen LogP contribution is 2.47. The first-order valence-electron chi connectivity index (χ1n) is 47.9. The van der Waals surface area contributed by atoms with E-state index in [9.17, 15) is 10.2 Å². The standard InChI is InChI=1S/C22H34N4O4.C22H36N2O4.C22H35NO5.C22H33NO4.C14H24O5/c1-22(2)29-19-18(28-21(27-4)20(19)30-22)13-17(11-8-12-24-25-23)15-26(3)14-16-9-6-5-7-10-16;1-22(2)27-19-18(26-21(25-4)20(19)28-22)13-17(11-8-12-23)15-24(3)14-16-9-6-5-7-10-16;1-22(2)27-19-18(26-21(25-4)20(19)28-22)13-17(11-8-12-24)15-23(3)14-16-9-6-5-7-10-16;1-6-10-17(15-23(4)14-16-11-8-7-9-12-16)13-18-19-20(21(24-5)25-18)27-22(2,3)26-19;1-5-6-9(8-15)7-10-11-12(13(16-4)17-10)19-14(2,3)18-11/h5-7,9-10,17-21H,8,11-15H2,1-4H3;5-7,9-10,17-21H,8,11-15,23H2,1-4H3;5-7,9-10,17-21,24H,8,11-15H2,1-4H3;6-9,11-12,17-21H,1,10,13-15H2,2-5H3;5,9-13,15H,1,6-8H2,2-4H3/t4*17-,18+,19?,20-,21+;9-,10+,11?,12-,13+/m00000/s1. The van der Waals surface area contributed by atoms with E-state index in [1.165, 1.54) is 22.3 Å². The van der Waals surface area contributed by atoms with Crippen LogP contribution in [-0.2, 0) is 121 Å². The molecule has 10 aliphatic rings. The number of nitrogens with two attached hydrogens (primary N) is 1. The normalized spacial score (nSPS) is 30.8. The molecule has 10 aliphatic heterocycles. The predicted molar refractivity (Wildman–Crippen MR) is 504 cm³/mol. The molecule has 4 N–H and O–H groups in total. The fourth-order valence-electron chi connectivity index (χ4n) is 20.4. The molecule has 0 bridgehead atoms. The van der Waals surface area contributed by atoms with E-state index in [2.05, 4.69) is 180 Å². The van der Waals surface area contributed by atoms with Gasteiger partial charge < -0.3 is 130 Å². The van der Waals surface area contributed by atoms with Crippen molar-refractivity contribution in [3.63, 3.8) is 0 Å². The number of benzene rings is 4. The van der Waals surface area contributed by atoms with Crippen molar-refractivity contribution in [3.8, 4) is 0 Å². The lowest BCUT2D eigenvalue weighted by molar-refractivity contribution is -0.228. The van der Waals surface area contributed by atoms with Crippen LogP contribution in [0.3, 0.4) is 0 Å². The van der Waals surface area contributed by atoms with Gasteiger partial charge in [-0.3, -0.25) is 0 Å². The number of hydrogen-bond donors (Lipinski definition) is 3. The average Bonchev–Trinajstić information content (AvgIpc) is 1.64. The smallest absolute Gasteiger partial charge is 0.186 e. The van der Waals surface area contributed by atoms with E-state index in [1.807, 2.05) is 93.5 Å². The first-order valence-corrected chi connectivity index (χ1v) is 47.9. The van der Waals surface area contributed by atoms with Gasteiger partial charge in [-0.25, -0.2) is 0 Å². The fraction of sp³-hybridized carbons (Fsp3) is 0.725. The van der Waals surface area contributed by atoms with Gasteiger partial charge in [0.05, 0.1) is 30.5 Å². The van der Waals surface area contributed by atoms with Crippen molar-refractivity contribution in [1.29, 1.82) is 0 Å². The van der Waals surface area contributed by atoms with Crippen molar-refractivity contribution in [2.45, 2.75) is 331 Å². The summed E-state index contributed by atoms with van der Waals surface area (Å²) >= 11 is 0. The highest BCUT2D eigenvalue weighted by Gasteiger charge is 2.61. The van der Waals surface area contributed by atoms with Gasteiger partial charge in [0.25, 0.3) is 0 Å². The fourth-order valence-corrected chi connectivity index (χ4v) is 20.4. The van der Waals surface area contributed by atoms with Crippen LogP contribution in [0.5, 0.6) is 0 Å². The van der Waals surface area contributed by atoms with Gasteiger partial charge >= 0.3 is 0 Å². The summed E-state index contributed by atoms with van der Waals surface area (Å²) in [7, 11) is 16.8. The van der Waals surface area contributed by atoms with E-state index in [4.69, 9.17) is 106 Å². The van der Waals surface area contributed by atoms with Crippen molar-refractivity contribution in [2.75, 3.05) is 116 Å². The molecule has 10 fully saturated rings. The van der Waals surface area contributed by atoms with Crippen LogP contribution in [0, 0.1) is 29.6 Å². The Balaban J connectivity index is 0.000000172. The Morgan fingerprint density at radius 3 is 0.848 bits per heavy atom. The first-order chi connectivity index (χ1) is 63.2. The third kappa shape index (κ3) is 32.9. The molecule has 0 aromatic heterocycles. The Hall–Kier alpha value is -5.41. The maximum absolute atomic E-state index is 9.38. The zero-order valence-electron chi connectivity index (χ0n) is 82.5. The second-order valence-corrected chi connectivity index (χ2v) is 39.6. The number of allylic oxidation sites excluding steroid dienone is 2. The number of methoxy groups -OCH3 is 5. The van der Waals surface area contributed by atoms with Crippen LogP contribution in [0.1, 0.15) is 175 Å². The Morgan fingerprint density at radius 2 is 0.606 bits per heavy atom. The van der Waals surface area contributed by atoms with E-state index in [1.54, 1.807) is 35.5 Å². The van der Waals surface area contributed by atoms with Crippen LogP contribution in [0.15, 0.2) is 152 Å².